The summed E-state index contributed by atoms with van der Waals surface area (Å²) in [4.78, 5) is 23.0. The lowest BCUT2D eigenvalue weighted by Crippen LogP contribution is -2.13. The number of nitro groups is 1. The highest BCUT2D eigenvalue weighted by Gasteiger charge is 2.15. The first kappa shape index (κ1) is 20.8. The molecule has 0 saturated carbocycles. The molecular formula is C22H16ClN3O4. The van der Waals surface area contributed by atoms with Gasteiger partial charge in [0.25, 0.3) is 11.6 Å². The Kier molecular flexibility index (Phi) is 6.00. The summed E-state index contributed by atoms with van der Waals surface area (Å²) in [6, 6.07) is 14.6. The van der Waals surface area contributed by atoms with Crippen LogP contribution in [0.25, 0.3) is 17.4 Å². The van der Waals surface area contributed by atoms with E-state index in [4.69, 9.17) is 16.0 Å². The minimum absolute atomic E-state index is 0.0575. The number of nitrogens with zero attached hydrogens (tertiary/aromatic N) is 2. The molecule has 0 aliphatic heterocycles. The largest absolute Gasteiger partial charge is 0.457 e. The van der Waals surface area contributed by atoms with E-state index in [1.54, 1.807) is 43.3 Å². The molecule has 30 heavy (non-hydrogen) atoms. The predicted molar refractivity (Wildman–Crippen MR) is 114 cm³/mol. The van der Waals surface area contributed by atoms with Crippen LogP contribution in [0.5, 0.6) is 0 Å². The van der Waals surface area contributed by atoms with Crippen molar-refractivity contribution in [2.24, 2.45) is 0 Å². The number of non-ortho nitro benzene ring substituents is 1. The summed E-state index contributed by atoms with van der Waals surface area (Å²) >= 11 is 6.06. The van der Waals surface area contributed by atoms with Crippen molar-refractivity contribution >= 4 is 35.0 Å². The number of halogens is 1. The average Bonchev–Trinajstić information content (AvgIpc) is 3.17. The Hall–Kier alpha value is -3.89. The molecule has 0 saturated heterocycles. The number of hydrogen-bond donors (Lipinski definition) is 1. The summed E-state index contributed by atoms with van der Waals surface area (Å²) in [6.45, 7) is 3.64. The molecule has 2 aromatic carbocycles. The Morgan fingerprint density at radius 1 is 1.17 bits per heavy atom. The van der Waals surface area contributed by atoms with Gasteiger partial charge in [0.2, 0.25) is 0 Å². The molecule has 0 spiro atoms. The van der Waals surface area contributed by atoms with Gasteiger partial charge in [-0.15, -0.1) is 0 Å². The number of furan rings is 1. The van der Waals surface area contributed by atoms with E-state index in [2.05, 4.69) is 5.32 Å². The highest BCUT2D eigenvalue weighted by molar-refractivity contribution is 6.31. The fraction of sp³-hybridized carbons (Fsp3) is 0.0909. The number of nitriles is 1. The summed E-state index contributed by atoms with van der Waals surface area (Å²) in [5.41, 5.74) is 2.46. The molecule has 3 aromatic rings. The SMILES string of the molecule is Cc1ccc(NC(=O)C(C#N)=Cc2ccc(-c3cc([N+](=O)[O-])ccc3C)o2)cc1Cl. The van der Waals surface area contributed by atoms with E-state index in [1.165, 1.54) is 18.2 Å². The first-order valence-electron chi connectivity index (χ1n) is 8.83. The van der Waals surface area contributed by atoms with Gasteiger partial charge < -0.3 is 9.73 Å². The Labute approximate surface area is 177 Å². The molecule has 1 amide bonds. The number of rotatable bonds is 5. The third-order valence-electron chi connectivity index (χ3n) is 4.41. The van der Waals surface area contributed by atoms with Crippen molar-refractivity contribution in [2.75, 3.05) is 5.32 Å². The molecule has 1 heterocycles. The zero-order chi connectivity index (χ0) is 21.8. The number of nitro benzene ring substituents is 1. The van der Waals surface area contributed by atoms with Crippen LogP contribution in [-0.2, 0) is 4.79 Å². The maximum atomic E-state index is 12.4. The Balaban J connectivity index is 1.86. The zero-order valence-corrected chi connectivity index (χ0v) is 16.9. The van der Waals surface area contributed by atoms with Crippen LogP contribution in [0, 0.1) is 35.3 Å². The van der Waals surface area contributed by atoms with E-state index < -0.39 is 10.8 Å². The molecular weight excluding hydrogens is 406 g/mol. The fourth-order valence-corrected chi connectivity index (χ4v) is 2.90. The van der Waals surface area contributed by atoms with Crippen LogP contribution in [0.15, 0.2) is 58.5 Å². The minimum Gasteiger partial charge on any atom is -0.457 e. The van der Waals surface area contributed by atoms with Gasteiger partial charge in [0.05, 0.1) is 4.92 Å². The number of anilines is 1. The number of carbonyl (C=O) groups is 1. The molecule has 0 fully saturated rings. The molecule has 0 radical (unpaired) electrons. The second kappa shape index (κ2) is 8.64. The van der Waals surface area contributed by atoms with E-state index >= 15 is 0 Å². The fourth-order valence-electron chi connectivity index (χ4n) is 2.72. The molecule has 0 aliphatic rings. The summed E-state index contributed by atoms with van der Waals surface area (Å²) in [7, 11) is 0. The van der Waals surface area contributed by atoms with Crippen LogP contribution in [0.3, 0.4) is 0 Å². The lowest BCUT2D eigenvalue weighted by molar-refractivity contribution is -0.384. The van der Waals surface area contributed by atoms with Crippen LogP contribution >= 0.6 is 11.6 Å². The quantitative estimate of drug-likeness (QED) is 0.247. The predicted octanol–water partition coefficient (Wildman–Crippen LogP) is 5.67. The molecule has 1 N–H and O–H groups in total. The average molecular weight is 422 g/mol. The van der Waals surface area contributed by atoms with E-state index in [0.29, 0.717) is 22.0 Å². The van der Waals surface area contributed by atoms with Crippen molar-refractivity contribution < 1.29 is 14.1 Å². The normalized spacial score (nSPS) is 11.1. The molecule has 3 rings (SSSR count). The van der Waals surface area contributed by atoms with E-state index in [-0.39, 0.29) is 17.0 Å². The smallest absolute Gasteiger partial charge is 0.270 e. The topological polar surface area (TPSA) is 109 Å². The van der Waals surface area contributed by atoms with Gasteiger partial charge in [-0.2, -0.15) is 5.26 Å². The van der Waals surface area contributed by atoms with Crippen LogP contribution in [0.4, 0.5) is 11.4 Å². The van der Waals surface area contributed by atoms with Crippen LogP contribution in [0.1, 0.15) is 16.9 Å². The van der Waals surface area contributed by atoms with Gasteiger partial charge in [0.15, 0.2) is 0 Å². The van der Waals surface area contributed by atoms with Gasteiger partial charge >= 0.3 is 0 Å². The molecule has 0 unspecified atom stereocenters. The van der Waals surface area contributed by atoms with Gasteiger partial charge in [-0.1, -0.05) is 23.7 Å². The highest BCUT2D eigenvalue weighted by Crippen LogP contribution is 2.30. The third kappa shape index (κ3) is 4.57. The highest BCUT2D eigenvalue weighted by atomic mass is 35.5. The minimum atomic E-state index is -0.609. The molecule has 0 aliphatic carbocycles. The molecule has 0 atom stereocenters. The zero-order valence-electron chi connectivity index (χ0n) is 16.1. The van der Waals surface area contributed by atoms with Crippen LogP contribution < -0.4 is 5.32 Å². The van der Waals surface area contributed by atoms with E-state index in [9.17, 15) is 20.2 Å². The lowest BCUT2D eigenvalue weighted by atomic mass is 10.1. The second-order valence-electron chi connectivity index (χ2n) is 6.55. The van der Waals surface area contributed by atoms with Gasteiger partial charge in [-0.05, 0) is 49.2 Å². The molecule has 150 valence electrons. The number of carbonyl (C=O) groups excluding carboxylic acids is 1. The Morgan fingerprint density at radius 2 is 1.90 bits per heavy atom. The monoisotopic (exact) mass is 421 g/mol. The standard InChI is InChI=1S/C22H16ClN3O4/c1-13-4-6-17(26(28)29)11-19(13)21-8-7-18(30-21)9-15(12-24)22(27)25-16-5-3-14(2)20(23)10-16/h3-11H,1-2H3,(H,25,27). The molecule has 7 nitrogen and oxygen atoms in total. The summed E-state index contributed by atoms with van der Waals surface area (Å²) in [5.74, 6) is 0.0527. The number of amides is 1. The van der Waals surface area contributed by atoms with Gasteiger partial charge in [-0.3, -0.25) is 14.9 Å². The van der Waals surface area contributed by atoms with E-state index in [1.807, 2.05) is 13.0 Å². The van der Waals surface area contributed by atoms with Crippen LogP contribution in [-0.4, -0.2) is 10.8 Å². The summed E-state index contributed by atoms with van der Waals surface area (Å²) in [5, 5.41) is 23.5. The summed E-state index contributed by atoms with van der Waals surface area (Å²) < 4.78 is 5.70. The second-order valence-corrected chi connectivity index (χ2v) is 6.95. The van der Waals surface area contributed by atoms with Gasteiger partial charge in [-0.25, -0.2) is 0 Å². The van der Waals surface area contributed by atoms with Crippen molar-refractivity contribution in [1.29, 1.82) is 5.26 Å². The Morgan fingerprint density at radius 3 is 2.57 bits per heavy atom. The summed E-state index contributed by atoms with van der Waals surface area (Å²) in [6.07, 6.45) is 1.31. The first-order chi connectivity index (χ1) is 14.3. The molecule has 0 bridgehead atoms. The van der Waals surface area contributed by atoms with Crippen molar-refractivity contribution in [2.45, 2.75) is 13.8 Å². The van der Waals surface area contributed by atoms with Crippen molar-refractivity contribution in [1.82, 2.24) is 0 Å². The Bertz CT molecular complexity index is 1220. The maximum Gasteiger partial charge on any atom is 0.270 e. The third-order valence-corrected chi connectivity index (χ3v) is 4.81. The number of aryl methyl sites for hydroxylation is 2. The maximum absolute atomic E-state index is 12.4. The lowest BCUT2D eigenvalue weighted by Gasteiger charge is -2.06. The van der Waals surface area contributed by atoms with Crippen LogP contribution in [0.2, 0.25) is 5.02 Å². The van der Waals surface area contributed by atoms with Gasteiger partial charge in [0, 0.05) is 34.5 Å². The number of nitrogens with one attached hydrogen (secondary N) is 1. The molecule has 8 heteroatoms. The van der Waals surface area contributed by atoms with Crippen molar-refractivity contribution in [3.05, 3.63) is 86.1 Å². The number of benzene rings is 2. The van der Waals surface area contributed by atoms with Crippen molar-refractivity contribution in [3.8, 4) is 17.4 Å². The first-order valence-corrected chi connectivity index (χ1v) is 9.21. The van der Waals surface area contributed by atoms with E-state index in [0.717, 1.165) is 11.1 Å². The van der Waals surface area contributed by atoms with Crippen molar-refractivity contribution in [3.63, 3.8) is 0 Å². The van der Waals surface area contributed by atoms with Gasteiger partial charge in [0.1, 0.15) is 23.2 Å². The molecule has 1 aromatic heterocycles. The number of hydrogen-bond acceptors (Lipinski definition) is 5.